The van der Waals surface area contributed by atoms with Gasteiger partial charge in [0.1, 0.15) is 0 Å². The molecule has 0 spiro atoms. The van der Waals surface area contributed by atoms with E-state index in [-0.39, 0.29) is 0 Å². The molecule has 3 rings (SSSR count). The summed E-state index contributed by atoms with van der Waals surface area (Å²) in [5.74, 6) is 0. The normalized spacial score (nSPS) is 23.0. The Hall–Kier alpha value is -1.96. The fourth-order valence-corrected chi connectivity index (χ4v) is 5.22. The zero-order chi connectivity index (χ0) is 19.3. The molecule has 2 nitrogen and oxygen atoms in total. The Balaban J connectivity index is 2.11. The van der Waals surface area contributed by atoms with Crippen molar-refractivity contribution in [1.82, 2.24) is 0 Å². The minimum Gasteiger partial charge on any atom is -0.346 e. The lowest BCUT2D eigenvalue weighted by Crippen LogP contribution is -2.39. The maximum atomic E-state index is 2.63. The van der Waals surface area contributed by atoms with Crippen LogP contribution in [-0.4, -0.2) is 18.2 Å². The molecule has 1 fully saturated rings. The molecule has 2 atom stereocenters. The summed E-state index contributed by atoms with van der Waals surface area (Å²) in [6.07, 6.45) is 0.334. The first-order valence-corrected chi connectivity index (χ1v) is 9.85. The quantitative estimate of drug-likeness (QED) is 0.656. The first-order chi connectivity index (χ1) is 12.1. The molecule has 140 valence electrons. The molecule has 2 aromatic rings. The molecule has 0 N–H and O–H groups in total. The number of benzene rings is 2. The molecule has 26 heavy (non-hydrogen) atoms. The summed E-state index contributed by atoms with van der Waals surface area (Å²) in [5, 5.41) is 0. The topological polar surface area (TPSA) is 6.48 Å². The number of hydrogen-bond acceptors (Lipinski definition) is 2. The Bertz CT molecular complexity index is 721. The smallest absolute Gasteiger partial charge is 0.0994 e. The molecule has 0 amide bonds. The van der Waals surface area contributed by atoms with E-state index in [0.717, 1.165) is 0 Å². The van der Waals surface area contributed by atoms with Crippen LogP contribution in [0.1, 0.15) is 54.2 Å². The van der Waals surface area contributed by atoms with Gasteiger partial charge in [0.05, 0.1) is 6.17 Å². The summed E-state index contributed by atoms with van der Waals surface area (Å²) in [5.41, 5.74) is 11.0. The summed E-state index contributed by atoms with van der Waals surface area (Å²) in [7, 11) is 0. The second-order valence-electron chi connectivity index (χ2n) is 8.42. The van der Waals surface area contributed by atoms with Crippen LogP contribution in [0.4, 0.5) is 11.4 Å². The number of rotatable bonds is 2. The van der Waals surface area contributed by atoms with Crippen molar-refractivity contribution in [2.24, 2.45) is 0 Å². The standard InChI is InChI=1S/C24H34N2/c1-14-10-16(3)23(17(4)11-14)25-20(7)21(8)26(22(25)9)24-18(5)12-15(2)13-19(24)6/h10-13,20-22H,1-9H3. The van der Waals surface area contributed by atoms with Gasteiger partial charge in [-0.3, -0.25) is 0 Å². The van der Waals surface area contributed by atoms with Gasteiger partial charge < -0.3 is 9.80 Å². The Morgan fingerprint density at radius 2 is 0.808 bits per heavy atom. The van der Waals surface area contributed by atoms with Crippen LogP contribution in [0.25, 0.3) is 0 Å². The number of hydrogen-bond donors (Lipinski definition) is 0. The van der Waals surface area contributed by atoms with E-state index in [0.29, 0.717) is 18.2 Å². The van der Waals surface area contributed by atoms with Crippen LogP contribution < -0.4 is 9.80 Å². The molecule has 2 heteroatoms. The lowest BCUT2D eigenvalue weighted by atomic mass is 10.0. The average Bonchev–Trinajstić information content (AvgIpc) is 2.71. The zero-order valence-corrected chi connectivity index (χ0v) is 17.9. The van der Waals surface area contributed by atoms with Crippen molar-refractivity contribution in [1.29, 1.82) is 0 Å². The molecule has 1 saturated heterocycles. The molecular weight excluding hydrogens is 316 g/mol. The Morgan fingerprint density at radius 1 is 0.538 bits per heavy atom. The molecule has 0 aromatic heterocycles. The van der Waals surface area contributed by atoms with Gasteiger partial charge in [-0.25, -0.2) is 0 Å². The second kappa shape index (κ2) is 6.64. The minimum absolute atomic E-state index is 0.334. The van der Waals surface area contributed by atoms with Gasteiger partial charge in [-0.1, -0.05) is 35.4 Å². The van der Waals surface area contributed by atoms with Crippen molar-refractivity contribution in [3.8, 4) is 0 Å². The first-order valence-electron chi connectivity index (χ1n) is 9.85. The van der Waals surface area contributed by atoms with E-state index in [1.54, 1.807) is 0 Å². The number of aryl methyl sites for hydroxylation is 6. The zero-order valence-electron chi connectivity index (χ0n) is 17.9. The van der Waals surface area contributed by atoms with Gasteiger partial charge in [0.15, 0.2) is 0 Å². The fraction of sp³-hybridized carbons (Fsp3) is 0.500. The molecule has 1 aliphatic heterocycles. The van der Waals surface area contributed by atoms with Gasteiger partial charge >= 0.3 is 0 Å². The molecule has 0 radical (unpaired) electrons. The minimum atomic E-state index is 0.334. The molecular formula is C24H34N2. The molecule has 0 aliphatic carbocycles. The highest BCUT2D eigenvalue weighted by Gasteiger charge is 2.42. The van der Waals surface area contributed by atoms with Crippen LogP contribution in [-0.2, 0) is 0 Å². The largest absolute Gasteiger partial charge is 0.346 e. The highest BCUT2D eigenvalue weighted by Crippen LogP contribution is 2.41. The van der Waals surface area contributed by atoms with Crippen LogP contribution in [0.15, 0.2) is 24.3 Å². The predicted octanol–water partition coefficient (Wildman–Crippen LogP) is 5.99. The van der Waals surface area contributed by atoms with E-state index in [1.165, 1.54) is 44.8 Å². The SMILES string of the molecule is Cc1cc(C)c(N2C(C)C(C)N(c3c(C)cc(C)cc3C)C2C)c(C)c1. The molecule has 0 bridgehead atoms. The van der Waals surface area contributed by atoms with E-state index in [2.05, 4.69) is 96.4 Å². The summed E-state index contributed by atoms with van der Waals surface area (Å²) in [4.78, 5) is 5.26. The lowest BCUT2D eigenvalue weighted by molar-refractivity contribution is 0.643. The van der Waals surface area contributed by atoms with Crippen molar-refractivity contribution in [3.63, 3.8) is 0 Å². The molecule has 1 heterocycles. The van der Waals surface area contributed by atoms with Crippen molar-refractivity contribution in [2.75, 3.05) is 9.80 Å². The highest BCUT2D eigenvalue weighted by atomic mass is 15.5. The Morgan fingerprint density at radius 3 is 1.08 bits per heavy atom. The first kappa shape index (κ1) is 18.8. The monoisotopic (exact) mass is 350 g/mol. The lowest BCUT2D eigenvalue weighted by Gasteiger charge is -2.35. The third-order valence-corrected chi connectivity index (χ3v) is 6.17. The van der Waals surface area contributed by atoms with Gasteiger partial charge in [-0.15, -0.1) is 0 Å². The van der Waals surface area contributed by atoms with Crippen LogP contribution in [0.3, 0.4) is 0 Å². The summed E-state index contributed by atoms with van der Waals surface area (Å²) >= 11 is 0. The fourth-order valence-electron chi connectivity index (χ4n) is 5.22. The number of anilines is 2. The van der Waals surface area contributed by atoms with Gasteiger partial charge in [-0.05, 0) is 84.6 Å². The molecule has 1 aliphatic rings. The van der Waals surface area contributed by atoms with E-state index in [4.69, 9.17) is 0 Å². The second-order valence-corrected chi connectivity index (χ2v) is 8.42. The molecule has 2 unspecified atom stereocenters. The van der Waals surface area contributed by atoms with Gasteiger partial charge in [0.25, 0.3) is 0 Å². The third kappa shape index (κ3) is 2.90. The van der Waals surface area contributed by atoms with Crippen LogP contribution in [0.5, 0.6) is 0 Å². The molecule has 2 aromatic carbocycles. The summed E-state index contributed by atoms with van der Waals surface area (Å²) < 4.78 is 0. The van der Waals surface area contributed by atoms with Crippen LogP contribution in [0, 0.1) is 41.5 Å². The van der Waals surface area contributed by atoms with Crippen molar-refractivity contribution < 1.29 is 0 Å². The Kier molecular flexibility index (Phi) is 4.81. The van der Waals surface area contributed by atoms with E-state index in [1.807, 2.05) is 0 Å². The van der Waals surface area contributed by atoms with E-state index < -0.39 is 0 Å². The maximum absolute atomic E-state index is 2.63. The van der Waals surface area contributed by atoms with E-state index in [9.17, 15) is 0 Å². The highest BCUT2D eigenvalue weighted by molar-refractivity contribution is 5.69. The predicted molar refractivity (Wildman–Crippen MR) is 115 cm³/mol. The van der Waals surface area contributed by atoms with E-state index >= 15 is 0 Å². The van der Waals surface area contributed by atoms with Gasteiger partial charge in [0.2, 0.25) is 0 Å². The summed E-state index contributed by atoms with van der Waals surface area (Å²) in [6, 6.07) is 10.2. The Labute approximate surface area is 159 Å². The number of nitrogens with zero attached hydrogens (tertiary/aromatic N) is 2. The third-order valence-electron chi connectivity index (χ3n) is 6.17. The van der Waals surface area contributed by atoms with Crippen LogP contribution in [0.2, 0.25) is 0 Å². The molecule has 0 saturated carbocycles. The van der Waals surface area contributed by atoms with Gasteiger partial charge in [0, 0.05) is 23.5 Å². The van der Waals surface area contributed by atoms with Crippen LogP contribution >= 0.6 is 0 Å². The van der Waals surface area contributed by atoms with Crippen molar-refractivity contribution in [2.45, 2.75) is 80.6 Å². The van der Waals surface area contributed by atoms with Gasteiger partial charge in [-0.2, -0.15) is 0 Å². The van der Waals surface area contributed by atoms with Crippen molar-refractivity contribution in [3.05, 3.63) is 57.6 Å². The van der Waals surface area contributed by atoms with Crippen molar-refractivity contribution >= 4 is 11.4 Å². The average molecular weight is 351 g/mol. The summed E-state index contributed by atoms with van der Waals surface area (Å²) in [6.45, 7) is 20.5. The maximum Gasteiger partial charge on any atom is 0.0994 e.